The van der Waals surface area contributed by atoms with Crippen LogP contribution in [0.5, 0.6) is 0 Å². The van der Waals surface area contributed by atoms with E-state index in [0.29, 0.717) is 42.9 Å². The minimum absolute atomic E-state index is 0.0458. The van der Waals surface area contributed by atoms with Crippen LogP contribution in [0.4, 0.5) is 17.1 Å². The first-order chi connectivity index (χ1) is 17.5. The highest BCUT2D eigenvalue weighted by Gasteiger charge is 2.22. The first kappa shape index (κ1) is 24.9. The molecule has 0 aliphatic carbocycles. The van der Waals surface area contributed by atoms with E-state index in [4.69, 9.17) is 14.8 Å². The summed E-state index contributed by atoms with van der Waals surface area (Å²) in [5.74, 6) is -1.93. The van der Waals surface area contributed by atoms with Crippen molar-refractivity contribution in [3.05, 3.63) is 72.3 Å². The van der Waals surface area contributed by atoms with Gasteiger partial charge in [-0.05, 0) is 48.7 Å². The predicted octanol–water partition coefficient (Wildman–Crippen LogP) is 5.96. The van der Waals surface area contributed by atoms with Crippen molar-refractivity contribution in [2.45, 2.75) is 32.3 Å². The monoisotopic (exact) mass is 487 g/mol. The Hall–Kier alpha value is -4.17. The molecule has 1 unspecified atom stereocenters. The number of rotatable bonds is 12. The van der Waals surface area contributed by atoms with Crippen molar-refractivity contribution in [3.8, 4) is 0 Å². The number of anilines is 3. The Bertz CT molecular complexity index is 1330. The molecule has 186 valence electrons. The second kappa shape index (κ2) is 11.5. The number of benzene rings is 3. The van der Waals surface area contributed by atoms with Crippen LogP contribution in [0.15, 0.2) is 66.7 Å². The lowest BCUT2D eigenvalue weighted by Crippen LogP contribution is -2.16. The maximum atomic E-state index is 12.0. The van der Waals surface area contributed by atoms with Crippen LogP contribution in [-0.4, -0.2) is 40.3 Å². The van der Waals surface area contributed by atoms with Crippen molar-refractivity contribution in [1.29, 1.82) is 0 Å². The maximum absolute atomic E-state index is 12.0. The van der Waals surface area contributed by atoms with E-state index in [1.54, 1.807) is 12.1 Å². The fraction of sp³-hybridized carbons (Fsp3) is 0.250. The number of ether oxygens (including phenoxy) is 1. The van der Waals surface area contributed by atoms with E-state index in [2.05, 4.69) is 10.6 Å². The topological polar surface area (TPSA) is 121 Å². The molecule has 8 heteroatoms. The van der Waals surface area contributed by atoms with Crippen LogP contribution in [-0.2, 0) is 14.3 Å². The molecule has 8 nitrogen and oxygen atoms in total. The van der Waals surface area contributed by atoms with E-state index < -0.39 is 18.0 Å². The number of nitrogens with one attached hydrogen (secondary N) is 2. The number of carboxylic acids is 2. The molecule has 4 N–H and O–H groups in total. The van der Waals surface area contributed by atoms with Gasteiger partial charge in [-0.1, -0.05) is 43.3 Å². The molecule has 0 saturated carbocycles. The Morgan fingerprint density at radius 1 is 0.944 bits per heavy atom. The SMILES string of the molecule is CCCOC(C(=O)O)c1cc(NCCCC(=O)O)cc(Nc2c3ccccc3nc3ccccc23)c1. The molecule has 0 fully saturated rings. The standard InChI is InChI=1S/C28H29N3O5/c1-2-14-36-27(28(34)35)18-15-19(29-13-7-12-25(32)33)17-20(16-18)30-26-21-8-3-5-10-23(21)31-24-11-6-4-9-22(24)26/h3-6,8-11,15-17,27,29H,2,7,12-14H2,1H3,(H,30,31)(H,32,33)(H,34,35). The summed E-state index contributed by atoms with van der Waals surface area (Å²) in [5, 5.41) is 27.4. The Morgan fingerprint density at radius 3 is 2.19 bits per heavy atom. The summed E-state index contributed by atoms with van der Waals surface area (Å²) in [6.07, 6.45) is 0.0508. The summed E-state index contributed by atoms with van der Waals surface area (Å²) in [6, 6.07) is 21.1. The van der Waals surface area contributed by atoms with Crippen LogP contribution >= 0.6 is 0 Å². The largest absolute Gasteiger partial charge is 0.481 e. The highest BCUT2D eigenvalue weighted by molar-refractivity contribution is 6.08. The fourth-order valence-electron chi connectivity index (χ4n) is 4.11. The van der Waals surface area contributed by atoms with Gasteiger partial charge in [0.15, 0.2) is 6.10 Å². The predicted molar refractivity (Wildman–Crippen MR) is 141 cm³/mol. The van der Waals surface area contributed by atoms with Gasteiger partial charge in [-0.2, -0.15) is 0 Å². The molecule has 1 atom stereocenters. The summed E-state index contributed by atoms with van der Waals surface area (Å²) >= 11 is 0. The molecular weight excluding hydrogens is 458 g/mol. The fourth-order valence-corrected chi connectivity index (χ4v) is 4.11. The molecule has 4 rings (SSSR count). The number of pyridine rings is 1. The number of nitrogens with zero attached hydrogens (tertiary/aromatic N) is 1. The highest BCUT2D eigenvalue weighted by Crippen LogP contribution is 2.35. The van der Waals surface area contributed by atoms with Gasteiger partial charge in [0.1, 0.15) is 0 Å². The van der Waals surface area contributed by atoms with Gasteiger partial charge in [0.25, 0.3) is 0 Å². The van der Waals surface area contributed by atoms with Crippen molar-refractivity contribution in [1.82, 2.24) is 4.98 Å². The normalized spacial score (nSPS) is 11.9. The van der Waals surface area contributed by atoms with Crippen molar-refractivity contribution in [2.24, 2.45) is 0 Å². The number of carbonyl (C=O) groups is 2. The van der Waals surface area contributed by atoms with Gasteiger partial charge in [-0.3, -0.25) is 4.79 Å². The van der Waals surface area contributed by atoms with Gasteiger partial charge in [0.2, 0.25) is 0 Å². The van der Waals surface area contributed by atoms with E-state index in [9.17, 15) is 14.7 Å². The maximum Gasteiger partial charge on any atom is 0.337 e. The number of hydrogen-bond donors (Lipinski definition) is 4. The molecule has 0 spiro atoms. The summed E-state index contributed by atoms with van der Waals surface area (Å²) in [7, 11) is 0. The zero-order valence-electron chi connectivity index (χ0n) is 20.0. The van der Waals surface area contributed by atoms with Crippen LogP contribution in [0.2, 0.25) is 0 Å². The average Bonchev–Trinajstić information content (AvgIpc) is 2.86. The van der Waals surface area contributed by atoms with E-state index >= 15 is 0 Å². The molecular formula is C28H29N3O5. The molecule has 0 aliphatic rings. The lowest BCUT2D eigenvalue weighted by Gasteiger charge is -2.19. The molecule has 0 saturated heterocycles. The van der Waals surface area contributed by atoms with Gasteiger partial charge in [-0.15, -0.1) is 0 Å². The van der Waals surface area contributed by atoms with Crippen molar-refractivity contribution < 1.29 is 24.5 Å². The third-order valence-electron chi connectivity index (χ3n) is 5.72. The number of fused-ring (bicyclic) bond motifs is 2. The van der Waals surface area contributed by atoms with Gasteiger partial charge in [0, 0.05) is 41.7 Å². The molecule has 3 aromatic carbocycles. The van der Waals surface area contributed by atoms with E-state index in [0.717, 1.165) is 27.5 Å². The molecule has 0 bridgehead atoms. The third kappa shape index (κ3) is 5.90. The first-order valence-corrected chi connectivity index (χ1v) is 12.0. The molecule has 1 heterocycles. The Labute approximate surface area is 208 Å². The molecule has 0 aliphatic heterocycles. The molecule has 1 aromatic heterocycles. The molecule has 4 aromatic rings. The van der Waals surface area contributed by atoms with E-state index in [1.807, 2.05) is 61.5 Å². The van der Waals surface area contributed by atoms with Crippen LogP contribution in [0.25, 0.3) is 21.8 Å². The van der Waals surface area contributed by atoms with Crippen molar-refractivity contribution in [3.63, 3.8) is 0 Å². The van der Waals surface area contributed by atoms with Crippen LogP contribution in [0.3, 0.4) is 0 Å². The van der Waals surface area contributed by atoms with Gasteiger partial charge in [-0.25, -0.2) is 9.78 Å². The Kier molecular flexibility index (Phi) is 7.97. The second-order valence-corrected chi connectivity index (χ2v) is 8.50. The van der Waals surface area contributed by atoms with Crippen LogP contribution in [0, 0.1) is 0 Å². The summed E-state index contributed by atoms with van der Waals surface area (Å²) in [6.45, 7) is 2.67. The second-order valence-electron chi connectivity index (χ2n) is 8.50. The highest BCUT2D eigenvalue weighted by atomic mass is 16.5. The van der Waals surface area contributed by atoms with Crippen LogP contribution < -0.4 is 10.6 Å². The van der Waals surface area contributed by atoms with E-state index in [-0.39, 0.29) is 6.42 Å². The molecule has 0 radical (unpaired) electrons. The van der Waals surface area contributed by atoms with Crippen molar-refractivity contribution in [2.75, 3.05) is 23.8 Å². The number of carboxylic acid groups (broad SMARTS) is 2. The zero-order valence-corrected chi connectivity index (χ0v) is 20.0. The summed E-state index contributed by atoms with van der Waals surface area (Å²) < 4.78 is 5.65. The lowest BCUT2D eigenvalue weighted by atomic mass is 10.0. The van der Waals surface area contributed by atoms with Crippen molar-refractivity contribution >= 4 is 50.8 Å². The number of aromatic nitrogens is 1. The molecule has 0 amide bonds. The molecule has 36 heavy (non-hydrogen) atoms. The summed E-state index contributed by atoms with van der Waals surface area (Å²) in [4.78, 5) is 27.7. The van der Waals surface area contributed by atoms with Crippen LogP contribution in [0.1, 0.15) is 37.9 Å². The Balaban J connectivity index is 1.76. The lowest BCUT2D eigenvalue weighted by molar-refractivity contribution is -0.151. The minimum atomic E-state index is -1.13. The summed E-state index contributed by atoms with van der Waals surface area (Å²) in [5.41, 5.74) is 4.40. The average molecular weight is 488 g/mol. The van der Waals surface area contributed by atoms with E-state index in [1.165, 1.54) is 0 Å². The number of aliphatic carboxylic acids is 2. The number of para-hydroxylation sites is 2. The minimum Gasteiger partial charge on any atom is -0.481 e. The number of hydrogen-bond acceptors (Lipinski definition) is 6. The quantitative estimate of drug-likeness (QED) is 0.143. The Morgan fingerprint density at radius 2 is 1.58 bits per heavy atom. The zero-order chi connectivity index (χ0) is 25.5. The third-order valence-corrected chi connectivity index (χ3v) is 5.72. The first-order valence-electron chi connectivity index (χ1n) is 12.0. The smallest absolute Gasteiger partial charge is 0.337 e. The van der Waals surface area contributed by atoms with Gasteiger partial charge >= 0.3 is 11.9 Å². The van der Waals surface area contributed by atoms with Gasteiger partial charge < -0.3 is 25.6 Å². The van der Waals surface area contributed by atoms with Gasteiger partial charge in [0.05, 0.1) is 16.7 Å².